The Balaban J connectivity index is 2.48. The fourth-order valence-corrected chi connectivity index (χ4v) is 2.32. The Morgan fingerprint density at radius 3 is 2.69 bits per heavy atom. The van der Waals surface area contributed by atoms with Crippen LogP contribution < -0.4 is 10.5 Å². The zero-order chi connectivity index (χ0) is 9.90. The van der Waals surface area contributed by atoms with Crippen molar-refractivity contribution in [2.75, 3.05) is 19.6 Å². The molecule has 0 amide bonds. The van der Waals surface area contributed by atoms with Crippen LogP contribution in [0.5, 0.6) is 0 Å². The van der Waals surface area contributed by atoms with Crippen molar-refractivity contribution in [1.29, 1.82) is 0 Å². The summed E-state index contributed by atoms with van der Waals surface area (Å²) in [6, 6.07) is 0.276. The van der Waals surface area contributed by atoms with Crippen molar-refractivity contribution in [2.45, 2.75) is 25.8 Å². The minimum Gasteiger partial charge on any atom is -0.313 e. The summed E-state index contributed by atoms with van der Waals surface area (Å²) in [5, 5.41) is 8.27. The second-order valence-corrected chi connectivity index (χ2v) is 4.84. The normalized spacial score (nSPS) is 24.1. The molecule has 13 heavy (non-hydrogen) atoms. The summed E-state index contributed by atoms with van der Waals surface area (Å²) >= 11 is 0. The average molecular weight is 207 g/mol. The van der Waals surface area contributed by atoms with E-state index in [0.717, 1.165) is 19.4 Å². The minimum absolute atomic E-state index is 0.276. The third kappa shape index (κ3) is 3.22. The summed E-state index contributed by atoms with van der Waals surface area (Å²) in [7, 11) is -3.51. The number of nitrogens with one attached hydrogen (secondary N) is 1. The van der Waals surface area contributed by atoms with E-state index < -0.39 is 10.2 Å². The first-order valence-electron chi connectivity index (χ1n) is 4.55. The van der Waals surface area contributed by atoms with Gasteiger partial charge in [-0.2, -0.15) is 12.7 Å². The predicted octanol–water partition coefficient (Wildman–Crippen LogP) is -0.736. The number of likely N-dealkylation sites (N-methyl/N-ethyl adjacent to an activating group) is 1. The van der Waals surface area contributed by atoms with Gasteiger partial charge in [0.05, 0.1) is 0 Å². The van der Waals surface area contributed by atoms with Gasteiger partial charge in [-0.1, -0.05) is 6.92 Å². The summed E-state index contributed by atoms with van der Waals surface area (Å²) in [6.45, 7) is 3.71. The third-order valence-electron chi connectivity index (χ3n) is 2.30. The smallest absolute Gasteiger partial charge is 0.276 e. The van der Waals surface area contributed by atoms with Gasteiger partial charge in [0.1, 0.15) is 0 Å². The van der Waals surface area contributed by atoms with Crippen molar-refractivity contribution in [3.63, 3.8) is 0 Å². The maximum absolute atomic E-state index is 11.0. The van der Waals surface area contributed by atoms with E-state index in [0.29, 0.717) is 13.1 Å². The van der Waals surface area contributed by atoms with E-state index in [1.807, 2.05) is 0 Å². The Bertz CT molecular complexity index is 246. The van der Waals surface area contributed by atoms with Crippen molar-refractivity contribution < 1.29 is 8.42 Å². The van der Waals surface area contributed by atoms with Gasteiger partial charge in [0, 0.05) is 19.1 Å². The van der Waals surface area contributed by atoms with Crippen molar-refractivity contribution >= 4 is 10.2 Å². The van der Waals surface area contributed by atoms with Gasteiger partial charge in [0.15, 0.2) is 0 Å². The van der Waals surface area contributed by atoms with Crippen LogP contribution in [0.3, 0.4) is 0 Å². The molecular formula is C7H17N3O2S. The van der Waals surface area contributed by atoms with E-state index in [1.165, 1.54) is 4.31 Å². The van der Waals surface area contributed by atoms with E-state index in [2.05, 4.69) is 5.32 Å². The van der Waals surface area contributed by atoms with E-state index in [-0.39, 0.29) is 6.04 Å². The molecule has 78 valence electrons. The van der Waals surface area contributed by atoms with Crippen LogP contribution in [0.4, 0.5) is 0 Å². The molecule has 0 spiro atoms. The maximum atomic E-state index is 11.0. The quantitative estimate of drug-likeness (QED) is 0.638. The summed E-state index contributed by atoms with van der Waals surface area (Å²) in [5.41, 5.74) is 0. The highest BCUT2D eigenvalue weighted by Gasteiger charge is 2.22. The Morgan fingerprint density at radius 2 is 2.31 bits per heavy atom. The highest BCUT2D eigenvalue weighted by atomic mass is 32.2. The minimum atomic E-state index is -3.51. The molecule has 1 fully saturated rings. The Hall–Kier alpha value is -0.170. The molecule has 1 rings (SSSR count). The Morgan fingerprint density at radius 1 is 1.62 bits per heavy atom. The van der Waals surface area contributed by atoms with Gasteiger partial charge in [0.2, 0.25) is 0 Å². The molecule has 0 aromatic heterocycles. The summed E-state index contributed by atoms with van der Waals surface area (Å²) in [6.07, 6.45) is 2.15. The number of nitrogens with two attached hydrogens (primary N) is 1. The van der Waals surface area contributed by atoms with Crippen LogP contribution >= 0.6 is 0 Å². The van der Waals surface area contributed by atoms with Crippen LogP contribution in [-0.2, 0) is 10.2 Å². The molecule has 0 aromatic carbocycles. The molecule has 0 aromatic rings. The lowest BCUT2D eigenvalue weighted by molar-refractivity contribution is 0.383. The van der Waals surface area contributed by atoms with E-state index >= 15 is 0 Å². The van der Waals surface area contributed by atoms with Gasteiger partial charge in [-0.25, -0.2) is 5.14 Å². The predicted molar refractivity (Wildman–Crippen MR) is 51.4 cm³/mol. The fourth-order valence-electron chi connectivity index (χ4n) is 1.57. The van der Waals surface area contributed by atoms with Crippen molar-refractivity contribution in [3.8, 4) is 0 Å². The highest BCUT2D eigenvalue weighted by Crippen LogP contribution is 2.07. The molecule has 1 aliphatic rings. The van der Waals surface area contributed by atoms with E-state index in [9.17, 15) is 8.42 Å². The Labute approximate surface area is 79.5 Å². The molecule has 1 saturated heterocycles. The van der Waals surface area contributed by atoms with Gasteiger partial charge in [-0.05, 0) is 19.4 Å². The average Bonchev–Trinajstić information content (AvgIpc) is 2.49. The lowest BCUT2D eigenvalue weighted by Gasteiger charge is -2.21. The van der Waals surface area contributed by atoms with E-state index in [4.69, 9.17) is 5.14 Å². The number of hydrogen-bond acceptors (Lipinski definition) is 3. The lowest BCUT2D eigenvalue weighted by atomic mass is 10.2. The summed E-state index contributed by atoms with van der Waals surface area (Å²) in [5.74, 6) is 0. The highest BCUT2D eigenvalue weighted by molar-refractivity contribution is 7.86. The number of rotatable bonds is 4. The first-order chi connectivity index (χ1) is 6.04. The molecule has 1 heterocycles. The molecule has 0 bridgehead atoms. The molecule has 1 aliphatic heterocycles. The summed E-state index contributed by atoms with van der Waals surface area (Å²) in [4.78, 5) is 0. The molecule has 0 saturated carbocycles. The van der Waals surface area contributed by atoms with Crippen LogP contribution in [-0.4, -0.2) is 38.4 Å². The molecule has 1 atom stereocenters. The van der Waals surface area contributed by atoms with Crippen molar-refractivity contribution in [2.24, 2.45) is 5.14 Å². The van der Waals surface area contributed by atoms with E-state index in [1.54, 1.807) is 6.92 Å². The second kappa shape index (κ2) is 4.36. The van der Waals surface area contributed by atoms with Gasteiger partial charge in [-0.3, -0.25) is 0 Å². The van der Waals surface area contributed by atoms with Gasteiger partial charge >= 0.3 is 0 Å². The zero-order valence-corrected chi connectivity index (χ0v) is 8.68. The number of nitrogens with zero attached hydrogens (tertiary/aromatic N) is 1. The first-order valence-corrected chi connectivity index (χ1v) is 6.05. The van der Waals surface area contributed by atoms with Gasteiger partial charge in [0.25, 0.3) is 10.2 Å². The van der Waals surface area contributed by atoms with Crippen molar-refractivity contribution in [3.05, 3.63) is 0 Å². The molecule has 5 nitrogen and oxygen atoms in total. The topological polar surface area (TPSA) is 75.4 Å². The van der Waals surface area contributed by atoms with Crippen LogP contribution in [0.25, 0.3) is 0 Å². The van der Waals surface area contributed by atoms with Crippen LogP contribution in [0.1, 0.15) is 19.8 Å². The molecule has 1 unspecified atom stereocenters. The SMILES string of the molecule is CCN(CC1CCCN1)S(N)(=O)=O. The largest absolute Gasteiger partial charge is 0.313 e. The number of hydrogen-bond donors (Lipinski definition) is 2. The molecule has 0 radical (unpaired) electrons. The summed E-state index contributed by atoms with van der Waals surface area (Å²) < 4.78 is 23.4. The standard InChI is InChI=1S/C7H17N3O2S/c1-2-10(13(8,11)12)6-7-4-3-5-9-7/h7,9H,2-6H2,1H3,(H2,8,11,12). The second-order valence-electron chi connectivity index (χ2n) is 3.29. The van der Waals surface area contributed by atoms with Gasteiger partial charge < -0.3 is 5.32 Å². The monoisotopic (exact) mass is 207 g/mol. The first kappa shape index (κ1) is 10.9. The molecular weight excluding hydrogens is 190 g/mol. The van der Waals surface area contributed by atoms with Crippen molar-refractivity contribution in [1.82, 2.24) is 9.62 Å². The molecule has 3 N–H and O–H groups in total. The molecule has 0 aliphatic carbocycles. The lowest BCUT2D eigenvalue weighted by Crippen LogP contribution is -2.43. The molecule has 6 heteroatoms. The van der Waals surface area contributed by atoms with Gasteiger partial charge in [-0.15, -0.1) is 0 Å². The fraction of sp³-hybridized carbons (Fsp3) is 1.00. The zero-order valence-electron chi connectivity index (χ0n) is 7.86. The van der Waals surface area contributed by atoms with Crippen LogP contribution in [0, 0.1) is 0 Å². The van der Waals surface area contributed by atoms with Crippen LogP contribution in [0.15, 0.2) is 0 Å². The van der Waals surface area contributed by atoms with Crippen LogP contribution in [0.2, 0.25) is 0 Å². The maximum Gasteiger partial charge on any atom is 0.276 e. The third-order valence-corrected chi connectivity index (χ3v) is 3.43. The Kier molecular flexibility index (Phi) is 3.66.